The van der Waals surface area contributed by atoms with E-state index in [2.05, 4.69) is 40.8 Å². The Morgan fingerprint density at radius 2 is 1.95 bits per heavy atom. The lowest BCUT2D eigenvalue weighted by atomic mass is 10.2. The minimum Gasteiger partial charge on any atom is -0.463 e. The fourth-order valence-corrected chi connectivity index (χ4v) is 3.11. The predicted octanol–water partition coefficient (Wildman–Crippen LogP) is 4.88. The number of nitrogens with zero attached hydrogens (tertiary/aromatic N) is 1. The van der Waals surface area contributed by atoms with Gasteiger partial charge in [-0.1, -0.05) is 0 Å². The Hall–Kier alpha value is -1.72. The van der Waals surface area contributed by atoms with Crippen molar-refractivity contribution in [3.63, 3.8) is 0 Å². The molecule has 3 nitrogen and oxygen atoms in total. The Morgan fingerprint density at radius 1 is 1.14 bits per heavy atom. The van der Waals surface area contributed by atoms with Gasteiger partial charge in [-0.3, -0.25) is 0 Å². The first-order chi connectivity index (χ1) is 10.3. The van der Waals surface area contributed by atoms with Gasteiger partial charge in [-0.15, -0.1) is 11.3 Å². The molecule has 0 unspecified atom stereocenters. The summed E-state index contributed by atoms with van der Waals surface area (Å²) in [5.74, 6) is 2.91. The Morgan fingerprint density at radius 3 is 2.67 bits per heavy atom. The van der Waals surface area contributed by atoms with E-state index in [1.54, 1.807) is 23.1 Å². The smallest absolute Gasteiger partial charge is 0.123 e. The molecule has 1 N–H and O–H groups in total. The van der Waals surface area contributed by atoms with E-state index in [1.807, 2.05) is 23.7 Å². The van der Waals surface area contributed by atoms with E-state index >= 15 is 0 Å². The van der Waals surface area contributed by atoms with Crippen LogP contribution in [0.4, 0.5) is 5.69 Å². The normalized spacial score (nSPS) is 10.7. The molecule has 0 atom stereocenters. The molecule has 2 aromatic heterocycles. The number of nitrogens with one attached hydrogen (secondary N) is 1. The molecule has 0 fully saturated rings. The molecule has 5 heteroatoms. The Labute approximate surface area is 132 Å². The Balaban J connectivity index is 1.60. The molecule has 3 rings (SSSR count). The van der Waals surface area contributed by atoms with E-state index in [1.165, 1.54) is 0 Å². The third-order valence-corrected chi connectivity index (χ3v) is 4.43. The number of hydrogen-bond acceptors (Lipinski definition) is 5. The van der Waals surface area contributed by atoms with Crippen molar-refractivity contribution in [2.24, 2.45) is 0 Å². The third-order valence-electron chi connectivity index (χ3n) is 3.03. The first-order valence-electron chi connectivity index (χ1n) is 6.65. The zero-order valence-electron chi connectivity index (χ0n) is 11.7. The second kappa shape index (κ2) is 6.83. The fraction of sp³-hybridized carbons (Fsp3) is 0.188. The van der Waals surface area contributed by atoms with Crippen LogP contribution >= 0.6 is 23.1 Å². The Bertz CT molecular complexity index is 675. The van der Waals surface area contributed by atoms with Crippen molar-refractivity contribution in [1.29, 1.82) is 0 Å². The van der Waals surface area contributed by atoms with Crippen molar-refractivity contribution < 1.29 is 4.42 Å². The molecule has 0 aliphatic heterocycles. The van der Waals surface area contributed by atoms with Gasteiger partial charge < -0.3 is 9.73 Å². The van der Waals surface area contributed by atoms with Gasteiger partial charge in [0.15, 0.2) is 0 Å². The maximum Gasteiger partial charge on any atom is 0.123 e. The molecule has 0 radical (unpaired) electrons. The molecule has 0 bridgehead atoms. The molecular formula is C16H16N2OS2. The molecule has 0 aliphatic rings. The van der Waals surface area contributed by atoms with Crippen LogP contribution in [0.15, 0.2) is 52.4 Å². The first kappa shape index (κ1) is 14.2. The monoisotopic (exact) mass is 316 g/mol. The van der Waals surface area contributed by atoms with Crippen molar-refractivity contribution in [2.45, 2.75) is 12.3 Å². The highest BCUT2D eigenvalue weighted by molar-refractivity contribution is 7.97. The quantitative estimate of drug-likeness (QED) is 0.703. The van der Waals surface area contributed by atoms with E-state index in [0.717, 1.165) is 33.5 Å². The first-order valence-corrected chi connectivity index (χ1v) is 8.93. The van der Waals surface area contributed by atoms with E-state index in [-0.39, 0.29) is 0 Å². The molecular weight excluding hydrogens is 300 g/mol. The molecule has 0 saturated carbocycles. The molecule has 0 amide bonds. The average Bonchev–Trinajstić information content (AvgIpc) is 3.18. The van der Waals surface area contributed by atoms with Gasteiger partial charge in [0.05, 0.1) is 12.3 Å². The highest BCUT2D eigenvalue weighted by Gasteiger charge is 2.03. The van der Waals surface area contributed by atoms with Crippen LogP contribution in [0, 0.1) is 0 Å². The highest BCUT2D eigenvalue weighted by atomic mass is 32.2. The summed E-state index contributed by atoms with van der Waals surface area (Å²) in [5.41, 5.74) is 2.23. The minimum absolute atomic E-state index is 0.699. The lowest BCUT2D eigenvalue weighted by Gasteiger charge is -2.05. The number of rotatable bonds is 6. The maximum absolute atomic E-state index is 5.74. The standard InChI is InChI=1S/C16H16N2OS2/c1-20-11-15-7-6-14(19-15)10-18-13-4-2-12(3-5-13)16-17-8-9-21-16/h2-9,18H,10-11H2,1H3. The van der Waals surface area contributed by atoms with Gasteiger partial charge in [-0.25, -0.2) is 4.98 Å². The summed E-state index contributed by atoms with van der Waals surface area (Å²) in [5, 5.41) is 6.41. The summed E-state index contributed by atoms with van der Waals surface area (Å²) < 4.78 is 5.74. The summed E-state index contributed by atoms with van der Waals surface area (Å²) in [6, 6.07) is 12.4. The van der Waals surface area contributed by atoms with Crippen molar-refractivity contribution >= 4 is 28.8 Å². The van der Waals surface area contributed by atoms with Crippen LogP contribution in [0.3, 0.4) is 0 Å². The lowest BCUT2D eigenvalue weighted by Crippen LogP contribution is -1.97. The molecule has 0 spiro atoms. The van der Waals surface area contributed by atoms with Crippen molar-refractivity contribution in [1.82, 2.24) is 4.98 Å². The van der Waals surface area contributed by atoms with Gasteiger partial charge in [-0.05, 0) is 42.7 Å². The fourth-order valence-electron chi connectivity index (χ4n) is 2.02. The van der Waals surface area contributed by atoms with Gasteiger partial charge in [0.2, 0.25) is 0 Å². The number of benzene rings is 1. The maximum atomic E-state index is 5.74. The number of thiazole rings is 1. The Kier molecular flexibility index (Phi) is 4.62. The molecule has 21 heavy (non-hydrogen) atoms. The SMILES string of the molecule is CSCc1ccc(CNc2ccc(-c3nccs3)cc2)o1. The molecule has 1 aromatic carbocycles. The summed E-state index contributed by atoms with van der Waals surface area (Å²) in [4.78, 5) is 4.31. The van der Waals surface area contributed by atoms with Crippen molar-refractivity contribution in [3.05, 3.63) is 59.5 Å². The number of anilines is 1. The summed E-state index contributed by atoms with van der Waals surface area (Å²) in [6.07, 6.45) is 3.90. The van der Waals surface area contributed by atoms with Crippen LogP contribution < -0.4 is 5.32 Å². The average molecular weight is 316 g/mol. The molecule has 2 heterocycles. The van der Waals surface area contributed by atoms with Crippen molar-refractivity contribution in [3.8, 4) is 10.6 Å². The summed E-state index contributed by atoms with van der Waals surface area (Å²) in [6.45, 7) is 0.699. The molecule has 0 saturated heterocycles. The van der Waals surface area contributed by atoms with E-state index in [0.29, 0.717) is 6.54 Å². The number of hydrogen-bond donors (Lipinski definition) is 1. The van der Waals surface area contributed by atoms with Crippen LogP contribution in [-0.2, 0) is 12.3 Å². The second-order valence-corrected chi connectivity index (χ2v) is 6.33. The molecule has 3 aromatic rings. The van der Waals surface area contributed by atoms with Crippen LogP contribution in [0.5, 0.6) is 0 Å². The van der Waals surface area contributed by atoms with Crippen LogP contribution in [0.25, 0.3) is 10.6 Å². The minimum atomic E-state index is 0.699. The summed E-state index contributed by atoms with van der Waals surface area (Å²) in [7, 11) is 0. The number of furan rings is 1. The molecule has 0 aliphatic carbocycles. The van der Waals surface area contributed by atoms with Gasteiger partial charge in [0, 0.05) is 22.8 Å². The van der Waals surface area contributed by atoms with Gasteiger partial charge >= 0.3 is 0 Å². The second-order valence-electron chi connectivity index (χ2n) is 4.57. The van der Waals surface area contributed by atoms with Crippen molar-refractivity contribution in [2.75, 3.05) is 11.6 Å². The lowest BCUT2D eigenvalue weighted by molar-refractivity contribution is 0.487. The number of thioether (sulfide) groups is 1. The topological polar surface area (TPSA) is 38.1 Å². The van der Waals surface area contributed by atoms with E-state index < -0.39 is 0 Å². The van der Waals surface area contributed by atoms with Gasteiger partial charge in [0.1, 0.15) is 16.5 Å². The third kappa shape index (κ3) is 3.68. The van der Waals surface area contributed by atoms with Gasteiger partial charge in [-0.2, -0.15) is 11.8 Å². The van der Waals surface area contributed by atoms with Crippen LogP contribution in [0.2, 0.25) is 0 Å². The summed E-state index contributed by atoms with van der Waals surface area (Å²) >= 11 is 3.41. The molecule has 108 valence electrons. The predicted molar refractivity (Wildman–Crippen MR) is 90.8 cm³/mol. The number of aromatic nitrogens is 1. The van der Waals surface area contributed by atoms with E-state index in [9.17, 15) is 0 Å². The zero-order valence-corrected chi connectivity index (χ0v) is 13.3. The van der Waals surface area contributed by atoms with Crippen LogP contribution in [-0.4, -0.2) is 11.2 Å². The van der Waals surface area contributed by atoms with Crippen LogP contribution in [0.1, 0.15) is 11.5 Å². The van der Waals surface area contributed by atoms with E-state index in [4.69, 9.17) is 4.42 Å². The zero-order chi connectivity index (χ0) is 14.5. The largest absolute Gasteiger partial charge is 0.463 e. The van der Waals surface area contributed by atoms with Gasteiger partial charge in [0.25, 0.3) is 0 Å². The highest BCUT2D eigenvalue weighted by Crippen LogP contribution is 2.23.